The molecule has 29 heavy (non-hydrogen) atoms. The highest BCUT2D eigenvalue weighted by molar-refractivity contribution is 5.74. The Labute approximate surface area is 169 Å². The number of hydrogen-bond donors (Lipinski definition) is 3. The van der Waals surface area contributed by atoms with Crippen molar-refractivity contribution in [2.75, 3.05) is 6.61 Å². The fourth-order valence-corrected chi connectivity index (χ4v) is 3.42. The minimum absolute atomic E-state index is 0.0307. The average molecular weight is 405 g/mol. The van der Waals surface area contributed by atoms with Crippen LogP contribution in [0.5, 0.6) is 0 Å². The van der Waals surface area contributed by atoms with E-state index in [-0.39, 0.29) is 36.6 Å². The number of carbonyl (C=O) groups excluding carboxylic acids is 1. The van der Waals surface area contributed by atoms with E-state index in [1.807, 2.05) is 20.0 Å². The Hall–Kier alpha value is -2.52. The molecule has 3 rings (SSSR count). The Bertz CT molecular complexity index is 796. The molecule has 1 aliphatic rings. The highest BCUT2D eigenvalue weighted by atomic mass is 19.1. The fraction of sp³-hybridized carbons (Fsp3) is 0.550. The van der Waals surface area contributed by atoms with Gasteiger partial charge in [-0.05, 0) is 57.4 Å². The largest absolute Gasteiger partial charge is 0.394 e. The Morgan fingerprint density at radius 3 is 2.79 bits per heavy atom. The number of aryl methyl sites for hydroxylation is 1. The van der Waals surface area contributed by atoms with Crippen LogP contribution in [0.2, 0.25) is 0 Å². The van der Waals surface area contributed by atoms with Crippen LogP contribution in [0.1, 0.15) is 33.1 Å². The van der Waals surface area contributed by atoms with Gasteiger partial charge in [0, 0.05) is 18.2 Å². The molecular formula is C20H28FN5O3. The number of benzene rings is 1. The molecular weight excluding hydrogens is 377 g/mol. The standard InChI is InChI=1S/C20H28FN5O3/c1-13(2)22-20(28)23-17-8-7-16(29-19(17)12-27)9-10-26-11-18(24-25-26)14-3-5-15(21)6-4-14/h3-6,11,13,16-17,19,27H,7-10,12H2,1-2H3,(H2,22,23,28)/t16-,17+,19-/m1/s1. The van der Waals surface area contributed by atoms with Crippen LogP contribution >= 0.6 is 0 Å². The fourth-order valence-electron chi connectivity index (χ4n) is 3.42. The summed E-state index contributed by atoms with van der Waals surface area (Å²) in [6.07, 6.45) is 3.59. The maximum absolute atomic E-state index is 13.0. The van der Waals surface area contributed by atoms with Crippen LogP contribution in [0, 0.1) is 5.82 Å². The van der Waals surface area contributed by atoms with Gasteiger partial charge in [0.15, 0.2) is 0 Å². The molecule has 0 saturated carbocycles. The number of urea groups is 1. The molecule has 0 unspecified atom stereocenters. The van der Waals surface area contributed by atoms with Gasteiger partial charge in [-0.15, -0.1) is 5.10 Å². The van der Waals surface area contributed by atoms with Gasteiger partial charge in [0.25, 0.3) is 0 Å². The van der Waals surface area contributed by atoms with Crippen LogP contribution in [-0.4, -0.2) is 57.0 Å². The van der Waals surface area contributed by atoms with Crippen molar-refractivity contribution in [3.63, 3.8) is 0 Å². The van der Waals surface area contributed by atoms with Crippen molar-refractivity contribution in [2.24, 2.45) is 0 Å². The molecule has 8 nitrogen and oxygen atoms in total. The number of amides is 2. The highest BCUT2D eigenvalue weighted by Gasteiger charge is 2.31. The van der Waals surface area contributed by atoms with Gasteiger partial charge in [-0.1, -0.05) is 5.21 Å². The summed E-state index contributed by atoms with van der Waals surface area (Å²) in [5, 5.41) is 23.6. The van der Waals surface area contributed by atoms with Gasteiger partial charge in [0.1, 0.15) is 17.6 Å². The maximum atomic E-state index is 13.0. The molecule has 1 aromatic heterocycles. The van der Waals surface area contributed by atoms with E-state index in [9.17, 15) is 14.3 Å². The zero-order valence-electron chi connectivity index (χ0n) is 16.7. The van der Waals surface area contributed by atoms with Gasteiger partial charge in [0.05, 0.1) is 24.9 Å². The van der Waals surface area contributed by atoms with Crippen molar-refractivity contribution in [3.8, 4) is 11.3 Å². The van der Waals surface area contributed by atoms with Crippen molar-refractivity contribution >= 4 is 6.03 Å². The summed E-state index contributed by atoms with van der Waals surface area (Å²) in [5.74, 6) is -0.288. The predicted octanol–water partition coefficient (Wildman–Crippen LogP) is 2.09. The van der Waals surface area contributed by atoms with E-state index in [1.54, 1.807) is 16.8 Å². The zero-order chi connectivity index (χ0) is 20.8. The van der Waals surface area contributed by atoms with Gasteiger partial charge in [-0.2, -0.15) is 0 Å². The van der Waals surface area contributed by atoms with Crippen molar-refractivity contribution < 1.29 is 19.0 Å². The van der Waals surface area contributed by atoms with Gasteiger partial charge in [0.2, 0.25) is 0 Å². The number of aliphatic hydroxyl groups excluding tert-OH is 1. The first-order valence-electron chi connectivity index (χ1n) is 9.94. The number of ether oxygens (including phenoxy) is 1. The number of nitrogens with one attached hydrogen (secondary N) is 2. The number of aromatic nitrogens is 3. The van der Waals surface area contributed by atoms with Gasteiger partial charge < -0.3 is 20.5 Å². The number of nitrogens with zero attached hydrogens (tertiary/aromatic N) is 3. The smallest absolute Gasteiger partial charge is 0.315 e. The number of rotatable bonds is 7. The Kier molecular flexibility index (Phi) is 7.16. The molecule has 158 valence electrons. The second-order valence-electron chi connectivity index (χ2n) is 7.60. The van der Waals surface area contributed by atoms with Crippen LogP contribution in [0.15, 0.2) is 30.5 Å². The van der Waals surface area contributed by atoms with Crippen LogP contribution in [0.3, 0.4) is 0 Å². The lowest BCUT2D eigenvalue weighted by atomic mass is 9.97. The summed E-state index contributed by atoms with van der Waals surface area (Å²) in [6, 6.07) is 5.70. The second kappa shape index (κ2) is 9.80. The monoisotopic (exact) mass is 405 g/mol. The third-order valence-electron chi connectivity index (χ3n) is 4.89. The van der Waals surface area contributed by atoms with Gasteiger partial charge in [-0.25, -0.2) is 9.18 Å². The topological polar surface area (TPSA) is 101 Å². The molecule has 3 N–H and O–H groups in total. The van der Waals surface area contributed by atoms with E-state index in [0.29, 0.717) is 18.7 Å². The van der Waals surface area contributed by atoms with E-state index in [1.165, 1.54) is 12.1 Å². The molecule has 1 aromatic carbocycles. The molecule has 1 saturated heterocycles. The Balaban J connectivity index is 1.49. The quantitative estimate of drug-likeness (QED) is 0.655. The van der Waals surface area contributed by atoms with Crippen molar-refractivity contribution in [1.82, 2.24) is 25.6 Å². The average Bonchev–Trinajstić information content (AvgIpc) is 3.16. The van der Waals surface area contributed by atoms with Gasteiger partial charge >= 0.3 is 6.03 Å². The third kappa shape index (κ3) is 5.98. The lowest BCUT2D eigenvalue weighted by molar-refractivity contribution is -0.0908. The lowest BCUT2D eigenvalue weighted by Gasteiger charge is -2.36. The Morgan fingerprint density at radius 1 is 1.34 bits per heavy atom. The SMILES string of the molecule is CC(C)NC(=O)N[C@H]1CC[C@H](CCn2cc(-c3ccc(F)cc3)nn2)O[C@@H]1CO. The Morgan fingerprint density at radius 2 is 2.10 bits per heavy atom. The molecule has 0 bridgehead atoms. The van der Waals surface area contributed by atoms with Gasteiger partial charge in [-0.3, -0.25) is 4.68 Å². The highest BCUT2D eigenvalue weighted by Crippen LogP contribution is 2.23. The molecule has 1 aliphatic heterocycles. The molecule has 3 atom stereocenters. The molecule has 1 fully saturated rings. The van der Waals surface area contributed by atoms with E-state index in [0.717, 1.165) is 18.4 Å². The summed E-state index contributed by atoms with van der Waals surface area (Å²) in [4.78, 5) is 11.9. The minimum Gasteiger partial charge on any atom is -0.394 e. The minimum atomic E-state index is -0.433. The second-order valence-corrected chi connectivity index (χ2v) is 7.60. The van der Waals surface area contributed by atoms with E-state index in [4.69, 9.17) is 4.74 Å². The summed E-state index contributed by atoms with van der Waals surface area (Å²) in [7, 11) is 0. The molecule has 0 spiro atoms. The van der Waals surface area contributed by atoms with E-state index < -0.39 is 6.10 Å². The summed E-state index contributed by atoms with van der Waals surface area (Å²) in [6.45, 7) is 4.24. The van der Waals surface area contributed by atoms with Crippen LogP contribution < -0.4 is 10.6 Å². The van der Waals surface area contributed by atoms with Crippen molar-refractivity contribution in [3.05, 3.63) is 36.3 Å². The first-order chi connectivity index (χ1) is 13.9. The predicted molar refractivity (Wildman–Crippen MR) is 106 cm³/mol. The maximum Gasteiger partial charge on any atom is 0.315 e. The van der Waals surface area contributed by atoms with Crippen LogP contribution in [-0.2, 0) is 11.3 Å². The summed E-state index contributed by atoms with van der Waals surface area (Å²) in [5.41, 5.74) is 1.49. The molecule has 9 heteroatoms. The first-order valence-corrected chi connectivity index (χ1v) is 9.94. The van der Waals surface area contributed by atoms with E-state index >= 15 is 0 Å². The number of halogens is 1. The van der Waals surface area contributed by atoms with Crippen LogP contribution in [0.4, 0.5) is 9.18 Å². The van der Waals surface area contributed by atoms with Crippen molar-refractivity contribution in [2.45, 2.75) is 63.9 Å². The summed E-state index contributed by atoms with van der Waals surface area (Å²) >= 11 is 0. The molecule has 2 aromatic rings. The molecule has 2 heterocycles. The third-order valence-corrected chi connectivity index (χ3v) is 4.89. The van der Waals surface area contributed by atoms with Crippen LogP contribution in [0.25, 0.3) is 11.3 Å². The molecule has 0 radical (unpaired) electrons. The number of carbonyl (C=O) groups is 1. The lowest BCUT2D eigenvalue weighted by Crippen LogP contribution is -2.54. The first kappa shape index (κ1) is 21.2. The van der Waals surface area contributed by atoms with E-state index in [2.05, 4.69) is 20.9 Å². The normalized spacial score (nSPS) is 21.9. The zero-order valence-corrected chi connectivity index (χ0v) is 16.7. The number of aliphatic hydroxyl groups is 1. The summed E-state index contributed by atoms with van der Waals surface area (Å²) < 4.78 is 20.8. The number of hydrogen-bond acceptors (Lipinski definition) is 5. The molecule has 2 amide bonds. The molecule has 0 aliphatic carbocycles. The van der Waals surface area contributed by atoms with Crippen molar-refractivity contribution in [1.29, 1.82) is 0 Å².